The second-order valence-electron chi connectivity index (χ2n) is 8.56. The number of amides is 2. The second kappa shape index (κ2) is 9.28. The van der Waals surface area contributed by atoms with Crippen molar-refractivity contribution in [2.75, 3.05) is 10.6 Å². The fraction of sp³-hybridized carbons (Fsp3) is 0.222. The molecular formula is C27H26N4O2. The van der Waals surface area contributed by atoms with Gasteiger partial charge in [0.1, 0.15) is 5.82 Å². The number of aromatic nitrogens is 2. The molecule has 166 valence electrons. The predicted molar refractivity (Wildman–Crippen MR) is 131 cm³/mol. The first-order valence-corrected chi connectivity index (χ1v) is 11.4. The molecule has 1 aliphatic rings. The van der Waals surface area contributed by atoms with Crippen molar-refractivity contribution in [3.05, 3.63) is 78.5 Å². The molecule has 0 radical (unpaired) electrons. The molecule has 5 rings (SSSR count). The maximum atomic E-state index is 12.6. The highest BCUT2D eigenvalue weighted by molar-refractivity contribution is 6.06. The van der Waals surface area contributed by atoms with E-state index in [4.69, 9.17) is 0 Å². The van der Waals surface area contributed by atoms with Gasteiger partial charge in [-0.15, -0.1) is 0 Å². The van der Waals surface area contributed by atoms with Crippen LogP contribution in [0.25, 0.3) is 22.2 Å². The van der Waals surface area contributed by atoms with E-state index >= 15 is 0 Å². The number of hydrogen-bond donors (Lipinski definition) is 3. The number of benzene rings is 2. The fourth-order valence-electron chi connectivity index (χ4n) is 4.40. The molecular weight excluding hydrogens is 412 g/mol. The van der Waals surface area contributed by atoms with Crippen LogP contribution in [0, 0.1) is 5.92 Å². The van der Waals surface area contributed by atoms with Gasteiger partial charge in [0.25, 0.3) is 5.91 Å². The number of rotatable bonds is 5. The summed E-state index contributed by atoms with van der Waals surface area (Å²) in [6.07, 6.45) is 7.14. The number of carbonyl (C=O) groups is 2. The van der Waals surface area contributed by atoms with Crippen molar-refractivity contribution in [3.63, 3.8) is 0 Å². The number of carbonyl (C=O) groups excluding carboxylic acids is 2. The Bertz CT molecular complexity index is 1270. The van der Waals surface area contributed by atoms with E-state index < -0.39 is 0 Å². The minimum atomic E-state index is -0.198. The Morgan fingerprint density at radius 2 is 1.70 bits per heavy atom. The molecule has 6 nitrogen and oxygen atoms in total. The average Bonchev–Trinajstić information content (AvgIpc) is 3.29. The lowest BCUT2D eigenvalue weighted by Gasteiger charge is -2.20. The standard InChI is InChI=1S/C27H26N4O2/c32-26(19-6-2-1-3-7-19)29-22-12-9-18(10-13-22)24-17-21-16-20(11-14-23(21)30-24)27(33)31-25-8-4-5-15-28-25/h4-5,8-17,19,30H,1-3,6-7H2,(H,29,32)(H,28,31,33). The van der Waals surface area contributed by atoms with Gasteiger partial charge in [0, 0.05) is 40.0 Å². The molecule has 1 aliphatic carbocycles. The summed E-state index contributed by atoms with van der Waals surface area (Å²) in [5, 5.41) is 6.82. The minimum Gasteiger partial charge on any atom is -0.355 e. The molecule has 6 heteroatoms. The minimum absolute atomic E-state index is 0.129. The van der Waals surface area contributed by atoms with Gasteiger partial charge in [-0.05, 0) is 66.9 Å². The van der Waals surface area contributed by atoms with Crippen molar-refractivity contribution in [2.24, 2.45) is 5.92 Å². The van der Waals surface area contributed by atoms with Crippen molar-refractivity contribution >= 4 is 34.2 Å². The van der Waals surface area contributed by atoms with Crippen LogP contribution in [0.5, 0.6) is 0 Å². The van der Waals surface area contributed by atoms with Gasteiger partial charge in [-0.3, -0.25) is 9.59 Å². The van der Waals surface area contributed by atoms with Gasteiger partial charge in [-0.1, -0.05) is 37.5 Å². The summed E-state index contributed by atoms with van der Waals surface area (Å²) in [7, 11) is 0. The van der Waals surface area contributed by atoms with E-state index in [0.29, 0.717) is 11.4 Å². The monoisotopic (exact) mass is 438 g/mol. The molecule has 4 aromatic rings. The Labute approximate surface area is 192 Å². The first kappa shape index (κ1) is 20.9. The van der Waals surface area contributed by atoms with E-state index in [2.05, 4.69) is 20.6 Å². The van der Waals surface area contributed by atoms with Gasteiger partial charge < -0.3 is 15.6 Å². The van der Waals surface area contributed by atoms with Gasteiger partial charge in [-0.25, -0.2) is 4.98 Å². The summed E-state index contributed by atoms with van der Waals surface area (Å²) in [6, 6.07) is 20.9. The number of nitrogens with one attached hydrogen (secondary N) is 3. The number of H-pyrrole nitrogens is 1. The molecule has 0 saturated heterocycles. The molecule has 0 atom stereocenters. The van der Waals surface area contributed by atoms with Crippen LogP contribution in [0.15, 0.2) is 72.9 Å². The van der Waals surface area contributed by atoms with Crippen molar-refractivity contribution < 1.29 is 9.59 Å². The van der Waals surface area contributed by atoms with Crippen LogP contribution in [0.3, 0.4) is 0 Å². The Morgan fingerprint density at radius 1 is 0.879 bits per heavy atom. The van der Waals surface area contributed by atoms with Crippen molar-refractivity contribution in [2.45, 2.75) is 32.1 Å². The number of aromatic amines is 1. The topological polar surface area (TPSA) is 86.9 Å². The second-order valence-corrected chi connectivity index (χ2v) is 8.56. The van der Waals surface area contributed by atoms with Gasteiger partial charge >= 0.3 is 0 Å². The molecule has 1 fully saturated rings. The number of nitrogens with zero attached hydrogens (tertiary/aromatic N) is 1. The first-order valence-electron chi connectivity index (χ1n) is 11.4. The van der Waals surface area contributed by atoms with Crippen molar-refractivity contribution in [1.82, 2.24) is 9.97 Å². The van der Waals surface area contributed by atoms with Crippen LogP contribution in [-0.4, -0.2) is 21.8 Å². The largest absolute Gasteiger partial charge is 0.355 e. The van der Waals surface area contributed by atoms with Gasteiger partial charge in [-0.2, -0.15) is 0 Å². The fourth-order valence-corrected chi connectivity index (χ4v) is 4.40. The molecule has 2 aromatic carbocycles. The maximum Gasteiger partial charge on any atom is 0.256 e. The van der Waals surface area contributed by atoms with E-state index in [1.165, 1.54) is 6.42 Å². The van der Waals surface area contributed by atoms with E-state index in [9.17, 15) is 9.59 Å². The highest BCUT2D eigenvalue weighted by Crippen LogP contribution is 2.28. The van der Waals surface area contributed by atoms with Crippen LogP contribution >= 0.6 is 0 Å². The number of anilines is 2. The summed E-state index contributed by atoms with van der Waals surface area (Å²) in [5.41, 5.74) is 4.31. The maximum absolute atomic E-state index is 12.6. The van der Waals surface area contributed by atoms with E-state index in [0.717, 1.165) is 53.5 Å². The van der Waals surface area contributed by atoms with Crippen LogP contribution < -0.4 is 10.6 Å². The molecule has 2 aromatic heterocycles. The molecule has 1 saturated carbocycles. The number of pyridine rings is 1. The number of fused-ring (bicyclic) bond motifs is 1. The summed E-state index contributed by atoms with van der Waals surface area (Å²) in [6.45, 7) is 0. The zero-order chi connectivity index (χ0) is 22.6. The Balaban J connectivity index is 1.29. The smallest absolute Gasteiger partial charge is 0.256 e. The molecule has 2 amide bonds. The predicted octanol–water partition coefficient (Wildman–Crippen LogP) is 6.00. The number of hydrogen-bond acceptors (Lipinski definition) is 3. The third-order valence-corrected chi connectivity index (χ3v) is 6.23. The molecule has 3 N–H and O–H groups in total. The summed E-state index contributed by atoms with van der Waals surface area (Å²) < 4.78 is 0. The van der Waals surface area contributed by atoms with Crippen molar-refractivity contribution in [1.29, 1.82) is 0 Å². The first-order chi connectivity index (χ1) is 16.2. The molecule has 33 heavy (non-hydrogen) atoms. The Morgan fingerprint density at radius 3 is 2.45 bits per heavy atom. The summed E-state index contributed by atoms with van der Waals surface area (Å²) in [4.78, 5) is 32.6. The van der Waals surface area contributed by atoms with Gasteiger partial charge in [0.05, 0.1) is 0 Å². The third kappa shape index (κ3) is 4.80. The molecule has 2 heterocycles. The highest BCUT2D eigenvalue weighted by atomic mass is 16.2. The summed E-state index contributed by atoms with van der Waals surface area (Å²) >= 11 is 0. The lowest BCUT2D eigenvalue weighted by Crippen LogP contribution is -2.24. The molecule has 0 unspecified atom stereocenters. The zero-order valence-corrected chi connectivity index (χ0v) is 18.3. The van der Waals surface area contributed by atoms with Gasteiger partial charge in [0.15, 0.2) is 0 Å². The zero-order valence-electron chi connectivity index (χ0n) is 18.3. The molecule has 0 bridgehead atoms. The molecule has 0 spiro atoms. The van der Waals surface area contributed by atoms with Crippen LogP contribution in [0.2, 0.25) is 0 Å². The average molecular weight is 439 g/mol. The quantitative estimate of drug-likeness (QED) is 0.357. The van der Waals surface area contributed by atoms with Crippen LogP contribution in [-0.2, 0) is 4.79 Å². The van der Waals surface area contributed by atoms with E-state index in [1.54, 1.807) is 24.4 Å². The normalized spacial score (nSPS) is 14.2. The van der Waals surface area contributed by atoms with Crippen molar-refractivity contribution in [3.8, 4) is 11.3 Å². The van der Waals surface area contributed by atoms with Crippen LogP contribution in [0.4, 0.5) is 11.5 Å². The Kier molecular flexibility index (Phi) is 5.89. The summed E-state index contributed by atoms with van der Waals surface area (Å²) in [5.74, 6) is 0.588. The Hall–Kier alpha value is -3.93. The van der Waals surface area contributed by atoms with Gasteiger partial charge in [0.2, 0.25) is 5.91 Å². The van der Waals surface area contributed by atoms with E-state index in [-0.39, 0.29) is 17.7 Å². The van der Waals surface area contributed by atoms with E-state index in [1.807, 2.05) is 48.5 Å². The lowest BCUT2D eigenvalue weighted by molar-refractivity contribution is -0.120. The SMILES string of the molecule is O=C(Nc1ccccn1)c1ccc2[nH]c(-c3ccc(NC(=O)C4CCCCC4)cc3)cc2c1. The lowest BCUT2D eigenvalue weighted by atomic mass is 9.88. The highest BCUT2D eigenvalue weighted by Gasteiger charge is 2.21. The third-order valence-electron chi connectivity index (χ3n) is 6.23. The van der Waals surface area contributed by atoms with Crippen LogP contribution in [0.1, 0.15) is 42.5 Å². The molecule has 0 aliphatic heterocycles.